The molecule has 0 unspecified atom stereocenters. The van der Waals surface area contributed by atoms with Crippen LogP contribution < -0.4 is 11.1 Å². The summed E-state index contributed by atoms with van der Waals surface area (Å²) in [6.07, 6.45) is 0.747. The van der Waals surface area contributed by atoms with Gasteiger partial charge in [0, 0.05) is 30.1 Å². The Morgan fingerprint density at radius 1 is 1.10 bits per heavy atom. The van der Waals surface area contributed by atoms with Crippen LogP contribution in [0, 0.1) is 6.92 Å². The van der Waals surface area contributed by atoms with Gasteiger partial charge in [-0.15, -0.1) is 11.3 Å². The van der Waals surface area contributed by atoms with Crippen LogP contribution >= 0.6 is 11.3 Å². The number of hydrogen-bond acceptors (Lipinski definition) is 4. The lowest BCUT2D eigenvalue weighted by Gasteiger charge is -2.27. The summed E-state index contributed by atoms with van der Waals surface area (Å²) in [6.45, 7) is 4.43. The van der Waals surface area contributed by atoms with Crippen LogP contribution in [0.15, 0.2) is 54.6 Å². The molecule has 1 aromatic heterocycles. The van der Waals surface area contributed by atoms with Gasteiger partial charge in [-0.1, -0.05) is 48.0 Å². The Kier molecular flexibility index (Phi) is 5.47. The largest absolute Gasteiger partial charge is 0.365 e. The second kappa shape index (κ2) is 8.19. The number of amides is 2. The lowest BCUT2D eigenvalue weighted by molar-refractivity contribution is 0.0999. The van der Waals surface area contributed by atoms with Crippen LogP contribution in [0.4, 0.5) is 5.00 Å². The molecular weight excluding hydrogens is 382 g/mol. The minimum absolute atomic E-state index is 0.229. The van der Waals surface area contributed by atoms with E-state index in [4.69, 9.17) is 5.73 Å². The highest BCUT2D eigenvalue weighted by Crippen LogP contribution is 2.37. The molecule has 3 N–H and O–H groups in total. The second-order valence-electron chi connectivity index (χ2n) is 7.34. The van der Waals surface area contributed by atoms with E-state index in [1.807, 2.05) is 37.3 Å². The van der Waals surface area contributed by atoms with Crippen molar-refractivity contribution in [1.29, 1.82) is 0 Å². The van der Waals surface area contributed by atoms with Crippen LogP contribution in [-0.2, 0) is 19.5 Å². The fourth-order valence-corrected chi connectivity index (χ4v) is 4.95. The van der Waals surface area contributed by atoms with Crippen LogP contribution in [0.25, 0.3) is 0 Å². The molecule has 2 aromatic carbocycles. The smallest absolute Gasteiger partial charge is 0.256 e. The molecule has 1 aliphatic rings. The molecular formula is C23H23N3O2S. The van der Waals surface area contributed by atoms with Crippen LogP contribution in [-0.4, -0.2) is 23.3 Å². The molecule has 3 aromatic rings. The SMILES string of the molecule is Cc1ccc(C(=O)Nc2sc3c(c2C(N)=O)CCN(Cc2ccccc2)C3)cc1. The van der Waals surface area contributed by atoms with E-state index < -0.39 is 5.91 Å². The topological polar surface area (TPSA) is 75.4 Å². The van der Waals surface area contributed by atoms with Crippen molar-refractivity contribution in [2.45, 2.75) is 26.4 Å². The van der Waals surface area contributed by atoms with Crippen molar-refractivity contribution in [2.24, 2.45) is 5.73 Å². The van der Waals surface area contributed by atoms with Gasteiger partial charge in [0.1, 0.15) is 5.00 Å². The van der Waals surface area contributed by atoms with Gasteiger partial charge in [0.05, 0.1) is 5.56 Å². The Bertz CT molecular complexity index is 1040. The number of hydrogen-bond donors (Lipinski definition) is 2. The van der Waals surface area contributed by atoms with Crippen molar-refractivity contribution >= 4 is 28.2 Å². The van der Waals surface area contributed by atoms with Crippen molar-refractivity contribution in [3.05, 3.63) is 87.3 Å². The number of rotatable bonds is 5. The number of nitrogens with one attached hydrogen (secondary N) is 1. The summed E-state index contributed by atoms with van der Waals surface area (Å²) in [5.41, 5.74) is 10.0. The van der Waals surface area contributed by atoms with E-state index >= 15 is 0 Å². The summed E-state index contributed by atoms with van der Waals surface area (Å²) in [7, 11) is 0. The average Bonchev–Trinajstić information content (AvgIpc) is 3.06. The molecule has 5 nitrogen and oxygen atoms in total. The molecule has 2 heterocycles. The van der Waals surface area contributed by atoms with Gasteiger partial charge in [0.2, 0.25) is 0 Å². The van der Waals surface area contributed by atoms with Gasteiger partial charge in [0.25, 0.3) is 11.8 Å². The summed E-state index contributed by atoms with van der Waals surface area (Å²) >= 11 is 1.46. The third-order valence-corrected chi connectivity index (χ3v) is 6.30. The quantitative estimate of drug-likeness (QED) is 0.674. The van der Waals surface area contributed by atoms with Crippen LogP contribution in [0.2, 0.25) is 0 Å². The van der Waals surface area contributed by atoms with Gasteiger partial charge in [-0.2, -0.15) is 0 Å². The molecule has 0 spiro atoms. The normalized spacial score (nSPS) is 13.7. The molecule has 0 saturated heterocycles. The van der Waals surface area contributed by atoms with E-state index in [1.165, 1.54) is 16.9 Å². The molecule has 29 heavy (non-hydrogen) atoms. The molecule has 0 atom stereocenters. The van der Waals surface area contributed by atoms with Crippen LogP contribution in [0.3, 0.4) is 0 Å². The number of benzene rings is 2. The number of thiophene rings is 1. The van der Waals surface area contributed by atoms with E-state index in [0.29, 0.717) is 16.1 Å². The number of fused-ring (bicyclic) bond motifs is 1. The Balaban J connectivity index is 1.56. The van der Waals surface area contributed by atoms with Gasteiger partial charge >= 0.3 is 0 Å². The standard InChI is InChI=1S/C23H23N3O2S/c1-15-7-9-17(10-8-15)22(28)25-23-20(21(24)27)18-11-12-26(14-19(18)29-23)13-16-5-3-2-4-6-16/h2-10H,11-14H2,1H3,(H2,24,27)(H,25,28). The van der Waals surface area contributed by atoms with Gasteiger partial charge in [-0.3, -0.25) is 14.5 Å². The summed E-state index contributed by atoms with van der Waals surface area (Å²) in [4.78, 5) is 28.3. The minimum atomic E-state index is -0.488. The molecule has 0 bridgehead atoms. The predicted molar refractivity (Wildman–Crippen MR) is 116 cm³/mol. The number of primary amides is 1. The monoisotopic (exact) mass is 405 g/mol. The predicted octanol–water partition coefficient (Wildman–Crippen LogP) is 3.97. The fourth-order valence-electron chi connectivity index (χ4n) is 3.66. The third kappa shape index (κ3) is 4.23. The molecule has 4 rings (SSSR count). The molecule has 0 radical (unpaired) electrons. The van der Waals surface area contributed by atoms with Crippen molar-refractivity contribution in [3.63, 3.8) is 0 Å². The van der Waals surface area contributed by atoms with Gasteiger partial charge < -0.3 is 11.1 Å². The maximum Gasteiger partial charge on any atom is 0.256 e. The van der Waals surface area contributed by atoms with Gasteiger partial charge in [0.15, 0.2) is 0 Å². The molecule has 1 aliphatic heterocycles. The number of nitrogens with two attached hydrogens (primary N) is 1. The van der Waals surface area contributed by atoms with E-state index in [9.17, 15) is 9.59 Å². The number of carbonyl (C=O) groups excluding carboxylic acids is 2. The Morgan fingerprint density at radius 2 is 1.83 bits per heavy atom. The summed E-state index contributed by atoms with van der Waals surface area (Å²) in [5, 5.41) is 3.46. The Hall–Kier alpha value is -2.96. The first-order valence-corrected chi connectivity index (χ1v) is 10.4. The van der Waals surface area contributed by atoms with E-state index in [1.54, 1.807) is 12.1 Å². The van der Waals surface area contributed by atoms with Crippen molar-refractivity contribution in [2.75, 3.05) is 11.9 Å². The Labute approximate surface area is 174 Å². The molecule has 0 fully saturated rings. The number of nitrogens with zero attached hydrogens (tertiary/aromatic N) is 1. The number of carbonyl (C=O) groups is 2. The van der Waals surface area contributed by atoms with Crippen LogP contribution in [0.5, 0.6) is 0 Å². The second-order valence-corrected chi connectivity index (χ2v) is 8.44. The van der Waals surface area contributed by atoms with E-state index in [2.05, 4.69) is 22.3 Å². The molecule has 2 amide bonds. The maximum absolute atomic E-state index is 12.7. The highest BCUT2D eigenvalue weighted by molar-refractivity contribution is 7.17. The number of aryl methyl sites for hydroxylation is 1. The lowest BCUT2D eigenvalue weighted by Crippen LogP contribution is -2.30. The minimum Gasteiger partial charge on any atom is -0.365 e. The highest BCUT2D eigenvalue weighted by atomic mass is 32.1. The van der Waals surface area contributed by atoms with Crippen molar-refractivity contribution in [3.8, 4) is 0 Å². The molecule has 148 valence electrons. The van der Waals surface area contributed by atoms with Gasteiger partial charge in [-0.25, -0.2) is 0 Å². The van der Waals surface area contributed by atoms with Crippen molar-refractivity contribution < 1.29 is 9.59 Å². The fraction of sp³-hybridized carbons (Fsp3) is 0.217. The zero-order valence-corrected chi connectivity index (χ0v) is 17.1. The zero-order valence-electron chi connectivity index (χ0n) is 16.3. The Morgan fingerprint density at radius 3 is 2.52 bits per heavy atom. The summed E-state index contributed by atoms with van der Waals surface area (Å²) < 4.78 is 0. The average molecular weight is 406 g/mol. The third-order valence-electron chi connectivity index (χ3n) is 5.17. The first-order chi connectivity index (χ1) is 14.0. The van der Waals surface area contributed by atoms with E-state index in [-0.39, 0.29) is 5.91 Å². The first-order valence-electron chi connectivity index (χ1n) is 9.60. The lowest BCUT2D eigenvalue weighted by atomic mass is 10.0. The van der Waals surface area contributed by atoms with Crippen LogP contribution in [0.1, 0.15) is 42.3 Å². The number of anilines is 1. The van der Waals surface area contributed by atoms with E-state index in [0.717, 1.165) is 42.1 Å². The zero-order chi connectivity index (χ0) is 20.4. The molecule has 0 aliphatic carbocycles. The highest BCUT2D eigenvalue weighted by Gasteiger charge is 2.27. The summed E-state index contributed by atoms with van der Waals surface area (Å²) in [6, 6.07) is 17.7. The van der Waals surface area contributed by atoms with Gasteiger partial charge in [-0.05, 0) is 36.6 Å². The molecule has 6 heteroatoms. The molecule has 0 saturated carbocycles. The first kappa shape index (κ1) is 19.4. The summed E-state index contributed by atoms with van der Waals surface area (Å²) in [5.74, 6) is -0.717. The maximum atomic E-state index is 12.7. The van der Waals surface area contributed by atoms with Crippen molar-refractivity contribution in [1.82, 2.24) is 4.90 Å².